The van der Waals surface area contributed by atoms with Crippen LogP contribution in [0.25, 0.3) is 0 Å². The summed E-state index contributed by atoms with van der Waals surface area (Å²) in [6.07, 6.45) is 19.2. The molecule has 27 heteroatoms. The van der Waals surface area contributed by atoms with Crippen molar-refractivity contribution in [2.24, 2.45) is 5.41 Å². The quantitative estimate of drug-likeness (QED) is 0.0912. The van der Waals surface area contributed by atoms with Gasteiger partial charge in [-0.15, -0.1) is 78.9 Å². The van der Waals surface area contributed by atoms with Gasteiger partial charge in [-0.3, -0.25) is 0 Å². The average Bonchev–Trinajstić information content (AvgIpc) is 3.02. The Kier molecular flexibility index (Phi) is 44.8. The van der Waals surface area contributed by atoms with Gasteiger partial charge in [0.1, 0.15) is 0 Å². The van der Waals surface area contributed by atoms with Gasteiger partial charge in [0.25, 0.3) is 0 Å². The summed E-state index contributed by atoms with van der Waals surface area (Å²) in [5.41, 5.74) is -0.611. The van der Waals surface area contributed by atoms with Crippen LogP contribution >= 0.6 is 7.82 Å². The molecule has 0 aromatic carbocycles. The highest BCUT2D eigenvalue weighted by Crippen LogP contribution is 2.11. The number of nitrogens with zero attached hydrogens (tertiary/aromatic N) is 15. The summed E-state index contributed by atoms with van der Waals surface area (Å²) < 4.78 is 8.55. The zero-order chi connectivity index (χ0) is 39.1. The van der Waals surface area contributed by atoms with Crippen molar-refractivity contribution in [3.63, 3.8) is 0 Å². The van der Waals surface area contributed by atoms with Crippen molar-refractivity contribution < 1.29 is 54.0 Å². The lowest BCUT2D eigenvalue weighted by Gasteiger charge is -2.42. The maximum absolute atomic E-state index is 9.99. The SMILES string of the molecule is CC(C)(C)C([O-])[O-].N#C[NH+](C#N)C#N.N#C[NH+](C#N)C#N.N#C[NH+](C#N)C#N.N#C[NH+](C#N)C#N.N#C[NH+](C#N)C#N.O=P([O-])([O-])[O-]. The molecular weight excluding hydrogens is 647 g/mol. The number of hydrogen-bond acceptors (Lipinski definition) is 21. The minimum atomic E-state index is -5.39. The van der Waals surface area contributed by atoms with Crippen LogP contribution in [0.15, 0.2) is 0 Å². The molecule has 0 aliphatic carbocycles. The molecule has 26 nitrogen and oxygen atoms in total. The summed E-state index contributed by atoms with van der Waals surface area (Å²) in [6, 6.07) is 0. The summed E-state index contributed by atoms with van der Waals surface area (Å²) >= 11 is 0. The molecule has 0 rings (SSSR count). The zero-order valence-electron chi connectivity index (χ0n) is 23.7. The number of rotatable bonds is 0. The third-order valence-electron chi connectivity index (χ3n) is 2.38. The molecule has 0 saturated carbocycles. The summed E-state index contributed by atoms with van der Waals surface area (Å²) in [5.74, 6) is 0. The van der Waals surface area contributed by atoms with Crippen molar-refractivity contribution in [2.45, 2.75) is 27.1 Å². The van der Waals surface area contributed by atoms with Crippen LogP contribution < -0.4 is 49.4 Å². The van der Waals surface area contributed by atoms with Crippen molar-refractivity contribution in [2.75, 3.05) is 0 Å². The van der Waals surface area contributed by atoms with E-state index in [0.717, 1.165) is 0 Å². The van der Waals surface area contributed by atoms with Gasteiger partial charge in [-0.05, 0) is 24.5 Å². The minimum Gasteiger partial charge on any atom is -0.865 e. The number of quaternary nitrogens is 5. The van der Waals surface area contributed by atoms with Gasteiger partial charge in [0.15, 0.2) is 0 Å². The lowest BCUT2D eigenvalue weighted by Crippen LogP contribution is -2.99. The second kappa shape index (κ2) is 38.2. The van der Waals surface area contributed by atoms with Crippen LogP contribution in [0.2, 0.25) is 0 Å². The van der Waals surface area contributed by atoms with Crippen LogP contribution in [-0.2, 0) is 4.57 Å². The van der Waals surface area contributed by atoms with E-state index in [9.17, 15) is 10.2 Å². The molecule has 0 saturated heterocycles. The van der Waals surface area contributed by atoms with Gasteiger partial charge in [0, 0.05) is 0 Å². The van der Waals surface area contributed by atoms with E-state index < -0.39 is 44.0 Å². The van der Waals surface area contributed by atoms with Crippen molar-refractivity contribution in [3.05, 3.63) is 0 Å². The fourth-order valence-electron chi connectivity index (χ4n) is 0.375. The van der Waals surface area contributed by atoms with Gasteiger partial charge < -0.3 is 29.5 Å². The van der Waals surface area contributed by atoms with E-state index in [1.807, 2.05) is 0 Å². The minimum absolute atomic E-state index is 0.403. The highest BCUT2D eigenvalue weighted by Gasteiger charge is 2.03. The van der Waals surface area contributed by atoms with Crippen molar-refractivity contribution in [1.82, 2.24) is 0 Å². The Morgan fingerprint density at radius 2 is 0.468 bits per heavy atom. The molecule has 5 N–H and O–H groups in total. The van der Waals surface area contributed by atoms with E-state index in [-0.39, 0.29) is 0 Å². The van der Waals surface area contributed by atoms with Crippen LogP contribution in [0.5, 0.6) is 0 Å². The lowest BCUT2D eigenvalue weighted by molar-refractivity contribution is -0.678. The van der Waals surface area contributed by atoms with Crippen molar-refractivity contribution in [1.29, 1.82) is 78.9 Å². The maximum atomic E-state index is 9.99. The number of nitrogens with one attached hydrogen (secondary N) is 5. The lowest BCUT2D eigenvalue weighted by atomic mass is 9.96. The Balaban J connectivity index is -0.0000000796. The van der Waals surface area contributed by atoms with E-state index in [0.29, 0.717) is 0 Å². The first-order valence-corrected chi connectivity index (χ1v) is 11.6. The maximum Gasteiger partial charge on any atom is 0.339 e. The van der Waals surface area contributed by atoms with Gasteiger partial charge in [-0.2, -0.15) is 7.82 Å². The molecule has 0 aliphatic rings. The summed E-state index contributed by atoms with van der Waals surface area (Å²) in [5, 5.41) is 137. The smallest absolute Gasteiger partial charge is 0.339 e. The summed E-state index contributed by atoms with van der Waals surface area (Å²) in [6.45, 7) is 4.91. The second-order valence-electron chi connectivity index (χ2n) is 6.70. The standard InChI is InChI=1S/C5H10O2.5C3N4.H3O4P/c1-5(2,3)4(6)7;5*4-1-7(2-5)3-6;1-5(2,3)4/h4H,1-3H3;;;;;;(H3,1,2,3,4)/q-2;;;;;;/p+2. The summed E-state index contributed by atoms with van der Waals surface area (Å²) in [7, 11) is -5.39. The van der Waals surface area contributed by atoms with Crippen LogP contribution in [0.4, 0.5) is 0 Å². The monoisotopic (exact) mass is 662 g/mol. The van der Waals surface area contributed by atoms with E-state index in [2.05, 4.69) is 0 Å². The third kappa shape index (κ3) is 62.9. The molecule has 0 atom stereocenters. The fourth-order valence-corrected chi connectivity index (χ4v) is 0.375. The molecule has 0 spiro atoms. The Bertz CT molecular complexity index is 1210. The van der Waals surface area contributed by atoms with Gasteiger partial charge in [-0.25, -0.2) is 6.29 Å². The molecule has 0 fully saturated rings. The highest BCUT2D eigenvalue weighted by atomic mass is 31.2. The average molecular weight is 662 g/mol. The van der Waals surface area contributed by atoms with Gasteiger partial charge in [0.2, 0.25) is 0 Å². The Labute approximate surface area is 266 Å². The molecule has 236 valence electrons. The molecule has 0 aromatic heterocycles. The van der Waals surface area contributed by atoms with E-state index in [4.69, 9.17) is 98.2 Å². The van der Waals surface area contributed by atoms with Crippen LogP contribution in [0.3, 0.4) is 0 Å². The number of nitriles is 15. The Morgan fingerprint density at radius 1 is 0.404 bits per heavy atom. The number of phosphoric acid groups is 1. The van der Waals surface area contributed by atoms with Crippen LogP contribution in [-0.4, -0.2) is 6.29 Å². The molecular formula is C20H15N20O6P. The van der Waals surface area contributed by atoms with E-state index in [1.54, 1.807) is 20.8 Å². The van der Waals surface area contributed by atoms with E-state index >= 15 is 0 Å². The summed E-state index contributed by atoms with van der Waals surface area (Å²) in [4.78, 5) is 23.6. The van der Waals surface area contributed by atoms with E-state index in [1.165, 1.54) is 92.9 Å². The van der Waals surface area contributed by atoms with Crippen molar-refractivity contribution in [3.8, 4) is 92.9 Å². The topological polar surface area (TPSA) is 511 Å². The molecule has 0 bridgehead atoms. The van der Waals surface area contributed by atoms with Crippen LogP contribution in [0, 0.1) is 177 Å². The van der Waals surface area contributed by atoms with Gasteiger partial charge in [-0.1, -0.05) is 26.2 Å². The normalized spacial score (nSPS) is 7.64. The third-order valence-corrected chi connectivity index (χ3v) is 2.38. The Morgan fingerprint density at radius 3 is 0.468 bits per heavy atom. The highest BCUT2D eigenvalue weighted by molar-refractivity contribution is 7.40. The van der Waals surface area contributed by atoms with Gasteiger partial charge in [0.05, 0.1) is 0 Å². The Hall–Kier alpha value is -7.82. The molecule has 0 radical (unpaired) electrons. The zero-order valence-corrected chi connectivity index (χ0v) is 24.6. The van der Waals surface area contributed by atoms with Crippen molar-refractivity contribution >= 4 is 7.82 Å². The molecule has 0 aliphatic heterocycles. The fraction of sp³-hybridized carbons (Fsp3) is 0.250. The number of hydrogen-bond donors (Lipinski definition) is 5. The van der Waals surface area contributed by atoms with Gasteiger partial charge >= 0.3 is 92.9 Å². The largest absolute Gasteiger partial charge is 0.865 e. The molecule has 0 aromatic rings. The predicted molar refractivity (Wildman–Crippen MR) is 120 cm³/mol. The first-order valence-electron chi connectivity index (χ1n) is 10.1. The molecule has 0 unspecified atom stereocenters. The molecule has 0 amide bonds. The van der Waals surface area contributed by atoms with Crippen LogP contribution in [0.1, 0.15) is 20.8 Å². The second-order valence-corrected chi connectivity index (χ2v) is 7.59. The molecule has 0 heterocycles. The molecule has 47 heavy (non-hydrogen) atoms. The predicted octanol–water partition coefficient (Wildman–Crippen LogP) is -12.2. The first kappa shape index (κ1) is 55.2. The first-order chi connectivity index (χ1) is 21.7.